The van der Waals surface area contributed by atoms with Crippen molar-refractivity contribution in [1.29, 1.82) is 0 Å². The van der Waals surface area contributed by atoms with Gasteiger partial charge in [-0.25, -0.2) is 0 Å². The predicted molar refractivity (Wildman–Crippen MR) is 49.8 cm³/mol. The number of carbonyl (C=O) groups is 1. The third-order valence-electron chi connectivity index (χ3n) is 3.78. The van der Waals surface area contributed by atoms with Crippen molar-refractivity contribution in [3.63, 3.8) is 0 Å². The Morgan fingerprint density at radius 3 is 2.69 bits per heavy atom. The van der Waals surface area contributed by atoms with Crippen LogP contribution in [0.2, 0.25) is 0 Å². The number of nitrogens with one attached hydrogen (secondary N) is 1. The molecule has 0 aromatic heterocycles. The summed E-state index contributed by atoms with van der Waals surface area (Å²) in [5.41, 5.74) is 11.3. The smallest absolute Gasteiger partial charge is 0.227 e. The summed E-state index contributed by atoms with van der Waals surface area (Å²) in [6.07, 6.45) is 2.84. The summed E-state index contributed by atoms with van der Waals surface area (Å²) < 4.78 is 0. The van der Waals surface area contributed by atoms with Crippen LogP contribution in [-0.2, 0) is 4.79 Å². The number of amides is 1. The molecular formula is C9H17N3O. The molecule has 2 bridgehead atoms. The van der Waals surface area contributed by atoms with Crippen LogP contribution < -0.4 is 16.8 Å². The normalized spacial score (nSPS) is 43.4. The van der Waals surface area contributed by atoms with Gasteiger partial charge in [0.2, 0.25) is 5.91 Å². The molecule has 0 spiro atoms. The second-order valence-electron chi connectivity index (χ2n) is 4.55. The average molecular weight is 183 g/mol. The van der Waals surface area contributed by atoms with Crippen LogP contribution in [0.3, 0.4) is 0 Å². The Kier molecular flexibility index (Phi) is 1.85. The molecule has 1 aliphatic heterocycles. The highest BCUT2D eigenvalue weighted by molar-refractivity contribution is 5.84. The highest BCUT2D eigenvalue weighted by atomic mass is 16.2. The maximum absolute atomic E-state index is 11.6. The van der Waals surface area contributed by atoms with E-state index in [1.807, 2.05) is 0 Å². The quantitative estimate of drug-likeness (QED) is 0.523. The van der Waals surface area contributed by atoms with Gasteiger partial charge in [-0.05, 0) is 25.8 Å². The third-order valence-corrected chi connectivity index (χ3v) is 3.78. The minimum atomic E-state index is -0.294. The Balaban J connectivity index is 2.26. The van der Waals surface area contributed by atoms with Crippen LogP contribution in [0.5, 0.6) is 0 Å². The molecule has 2 rings (SSSR count). The summed E-state index contributed by atoms with van der Waals surface area (Å²) in [5, 5.41) is 2.93. The van der Waals surface area contributed by atoms with E-state index >= 15 is 0 Å². The molecule has 74 valence electrons. The fourth-order valence-corrected chi connectivity index (χ4v) is 2.71. The van der Waals surface area contributed by atoms with Gasteiger partial charge in [0.15, 0.2) is 0 Å². The van der Waals surface area contributed by atoms with Gasteiger partial charge in [0.05, 0.1) is 5.41 Å². The second kappa shape index (κ2) is 2.69. The molecule has 4 nitrogen and oxygen atoms in total. The molecule has 1 amide bonds. The molecule has 2 fully saturated rings. The number of rotatable bonds is 2. The molecule has 2 aliphatic rings. The van der Waals surface area contributed by atoms with Crippen molar-refractivity contribution in [2.75, 3.05) is 19.6 Å². The van der Waals surface area contributed by atoms with Gasteiger partial charge in [-0.1, -0.05) is 0 Å². The number of hydrogen-bond donors (Lipinski definition) is 3. The number of nitrogens with two attached hydrogens (primary N) is 2. The van der Waals surface area contributed by atoms with Crippen molar-refractivity contribution < 1.29 is 4.79 Å². The lowest BCUT2D eigenvalue weighted by atomic mass is 9.75. The Morgan fingerprint density at radius 2 is 2.08 bits per heavy atom. The lowest BCUT2D eigenvalue weighted by molar-refractivity contribution is -0.133. The molecular weight excluding hydrogens is 166 g/mol. The molecule has 0 aromatic carbocycles. The van der Waals surface area contributed by atoms with Gasteiger partial charge in [-0.3, -0.25) is 4.79 Å². The first-order valence-corrected chi connectivity index (χ1v) is 4.85. The van der Waals surface area contributed by atoms with E-state index < -0.39 is 0 Å². The van der Waals surface area contributed by atoms with E-state index in [1.165, 1.54) is 0 Å². The molecule has 1 saturated carbocycles. The van der Waals surface area contributed by atoms with E-state index in [0.717, 1.165) is 25.8 Å². The van der Waals surface area contributed by atoms with Gasteiger partial charge in [0.1, 0.15) is 0 Å². The molecule has 1 heterocycles. The Morgan fingerprint density at radius 1 is 1.31 bits per heavy atom. The van der Waals surface area contributed by atoms with Gasteiger partial charge in [0, 0.05) is 18.5 Å². The maximum atomic E-state index is 11.6. The van der Waals surface area contributed by atoms with E-state index in [0.29, 0.717) is 13.1 Å². The lowest BCUT2D eigenvalue weighted by Crippen LogP contribution is -2.54. The van der Waals surface area contributed by atoms with Crippen LogP contribution in [0.15, 0.2) is 0 Å². The zero-order chi connectivity index (χ0) is 9.53. The van der Waals surface area contributed by atoms with Crippen molar-refractivity contribution in [1.82, 2.24) is 5.32 Å². The van der Waals surface area contributed by atoms with E-state index in [2.05, 4.69) is 5.32 Å². The van der Waals surface area contributed by atoms with Crippen LogP contribution in [0.1, 0.15) is 19.3 Å². The number of fused-ring (bicyclic) bond motifs is 2. The molecule has 13 heavy (non-hydrogen) atoms. The standard InChI is InChI=1S/C9H17N3O/c10-4-8-1-2-9(3-8,5-11)7(13)12-6-8/h1-6,10-11H2,(H,12,13). The van der Waals surface area contributed by atoms with Crippen LogP contribution in [0.25, 0.3) is 0 Å². The van der Waals surface area contributed by atoms with Gasteiger partial charge >= 0.3 is 0 Å². The minimum Gasteiger partial charge on any atom is -0.355 e. The largest absolute Gasteiger partial charge is 0.355 e. The monoisotopic (exact) mass is 183 g/mol. The molecule has 0 aromatic rings. The first-order chi connectivity index (χ1) is 6.16. The topological polar surface area (TPSA) is 81.1 Å². The third kappa shape index (κ3) is 1.09. The molecule has 2 unspecified atom stereocenters. The number of hydrogen-bond acceptors (Lipinski definition) is 3. The molecule has 1 aliphatic carbocycles. The van der Waals surface area contributed by atoms with Crippen molar-refractivity contribution in [3.8, 4) is 0 Å². The van der Waals surface area contributed by atoms with Gasteiger partial charge in [-0.2, -0.15) is 0 Å². The number of carbonyl (C=O) groups excluding carboxylic acids is 1. The molecule has 4 heteroatoms. The highest BCUT2D eigenvalue weighted by Gasteiger charge is 2.54. The van der Waals surface area contributed by atoms with Gasteiger partial charge < -0.3 is 16.8 Å². The second-order valence-corrected chi connectivity index (χ2v) is 4.55. The summed E-state index contributed by atoms with van der Waals surface area (Å²) >= 11 is 0. The molecule has 0 radical (unpaired) electrons. The van der Waals surface area contributed by atoms with Gasteiger partial charge in [0.25, 0.3) is 0 Å². The van der Waals surface area contributed by atoms with E-state index in [-0.39, 0.29) is 16.7 Å². The molecule has 5 N–H and O–H groups in total. The SMILES string of the molecule is NCC12CCC(CN)(C1)C(=O)NC2. The van der Waals surface area contributed by atoms with Crippen molar-refractivity contribution >= 4 is 5.91 Å². The Bertz CT molecular complexity index is 243. The zero-order valence-electron chi connectivity index (χ0n) is 7.81. The fraction of sp³-hybridized carbons (Fsp3) is 0.889. The lowest BCUT2D eigenvalue weighted by Gasteiger charge is -2.37. The first kappa shape index (κ1) is 8.97. The maximum Gasteiger partial charge on any atom is 0.227 e. The fourth-order valence-electron chi connectivity index (χ4n) is 2.71. The summed E-state index contributed by atoms with van der Waals surface area (Å²) in [7, 11) is 0. The van der Waals surface area contributed by atoms with Crippen molar-refractivity contribution in [2.24, 2.45) is 22.3 Å². The van der Waals surface area contributed by atoms with Crippen LogP contribution in [0.4, 0.5) is 0 Å². The van der Waals surface area contributed by atoms with Gasteiger partial charge in [-0.15, -0.1) is 0 Å². The van der Waals surface area contributed by atoms with Crippen molar-refractivity contribution in [2.45, 2.75) is 19.3 Å². The van der Waals surface area contributed by atoms with Crippen LogP contribution in [-0.4, -0.2) is 25.5 Å². The van der Waals surface area contributed by atoms with E-state index in [9.17, 15) is 4.79 Å². The van der Waals surface area contributed by atoms with E-state index in [4.69, 9.17) is 11.5 Å². The average Bonchev–Trinajstić information content (AvgIpc) is 2.51. The highest BCUT2D eigenvalue weighted by Crippen LogP contribution is 2.50. The predicted octanol–water partition coefficient (Wildman–Crippen LogP) is -0.810. The first-order valence-electron chi connectivity index (χ1n) is 4.85. The summed E-state index contributed by atoms with van der Waals surface area (Å²) in [4.78, 5) is 11.6. The Labute approximate surface area is 78.0 Å². The van der Waals surface area contributed by atoms with Crippen LogP contribution in [0, 0.1) is 10.8 Å². The minimum absolute atomic E-state index is 0.136. The zero-order valence-corrected chi connectivity index (χ0v) is 7.81. The Hall–Kier alpha value is -0.610. The van der Waals surface area contributed by atoms with E-state index in [1.54, 1.807) is 0 Å². The summed E-state index contributed by atoms with van der Waals surface area (Å²) in [6, 6.07) is 0. The van der Waals surface area contributed by atoms with Crippen molar-refractivity contribution in [3.05, 3.63) is 0 Å². The summed E-state index contributed by atoms with van der Waals surface area (Å²) in [5.74, 6) is 0.136. The molecule has 2 atom stereocenters. The number of piperidine rings is 1. The molecule has 1 saturated heterocycles. The summed E-state index contributed by atoms with van der Waals surface area (Å²) in [6.45, 7) is 1.86. The van der Waals surface area contributed by atoms with Crippen LogP contribution >= 0.6 is 0 Å².